The quantitative estimate of drug-likeness (QED) is 0.709. The summed E-state index contributed by atoms with van der Waals surface area (Å²) in [5.41, 5.74) is 1.18. The summed E-state index contributed by atoms with van der Waals surface area (Å²) in [5.74, 6) is 0. The first-order valence-corrected chi connectivity index (χ1v) is 6.55. The fourth-order valence-electron chi connectivity index (χ4n) is 1.90. The van der Waals surface area contributed by atoms with Crippen molar-refractivity contribution in [3.8, 4) is 0 Å². The van der Waals surface area contributed by atoms with Gasteiger partial charge in [0, 0.05) is 17.1 Å². The molecule has 0 aliphatic carbocycles. The molecule has 17 heavy (non-hydrogen) atoms. The fraction of sp³-hybridized carbons (Fsp3) is 0.0667. The van der Waals surface area contributed by atoms with Gasteiger partial charge in [0.2, 0.25) is 0 Å². The molecule has 0 radical (unpaired) electrons. The third kappa shape index (κ3) is 2.32. The van der Waals surface area contributed by atoms with Crippen LogP contribution in [0.2, 0.25) is 0 Å². The minimum absolute atomic E-state index is 0.899. The van der Waals surface area contributed by atoms with E-state index in [9.17, 15) is 0 Å². The molecule has 0 saturated carbocycles. The van der Waals surface area contributed by atoms with Crippen LogP contribution in [0.15, 0.2) is 60.0 Å². The standard InChI is InChI=1S/C15H13NS/c1-2-5-13-10-14(8-7-12(13)4-1)16-11-15-6-3-9-17-15/h1-10,16H,11H2. The number of nitrogens with one attached hydrogen (secondary N) is 1. The number of anilines is 1. The van der Waals surface area contributed by atoms with Crippen LogP contribution in [0.5, 0.6) is 0 Å². The van der Waals surface area contributed by atoms with Gasteiger partial charge >= 0.3 is 0 Å². The van der Waals surface area contributed by atoms with Gasteiger partial charge in [-0.25, -0.2) is 0 Å². The molecule has 3 aromatic rings. The van der Waals surface area contributed by atoms with E-state index in [4.69, 9.17) is 0 Å². The van der Waals surface area contributed by atoms with Crippen molar-refractivity contribution in [3.63, 3.8) is 0 Å². The number of thiophene rings is 1. The molecule has 0 saturated heterocycles. The first kappa shape index (κ1) is 10.4. The van der Waals surface area contributed by atoms with Crippen LogP contribution in [-0.4, -0.2) is 0 Å². The summed E-state index contributed by atoms with van der Waals surface area (Å²) in [5, 5.41) is 8.13. The number of hydrogen-bond donors (Lipinski definition) is 1. The maximum absolute atomic E-state index is 3.45. The van der Waals surface area contributed by atoms with Gasteiger partial charge in [-0.3, -0.25) is 0 Å². The van der Waals surface area contributed by atoms with Crippen LogP contribution in [0.4, 0.5) is 5.69 Å². The SMILES string of the molecule is c1csc(CNc2ccc3ccccc3c2)c1. The van der Waals surface area contributed by atoms with Crippen LogP contribution in [-0.2, 0) is 6.54 Å². The van der Waals surface area contributed by atoms with Gasteiger partial charge in [0.1, 0.15) is 0 Å². The van der Waals surface area contributed by atoms with Crippen molar-refractivity contribution >= 4 is 27.8 Å². The number of fused-ring (bicyclic) bond motifs is 1. The van der Waals surface area contributed by atoms with Crippen molar-refractivity contribution in [1.29, 1.82) is 0 Å². The molecule has 0 unspecified atom stereocenters. The Morgan fingerprint density at radius 1 is 0.882 bits per heavy atom. The molecule has 0 aliphatic heterocycles. The summed E-state index contributed by atoms with van der Waals surface area (Å²) in [6.45, 7) is 0.899. The monoisotopic (exact) mass is 239 g/mol. The van der Waals surface area contributed by atoms with E-state index < -0.39 is 0 Å². The largest absolute Gasteiger partial charge is 0.380 e. The van der Waals surface area contributed by atoms with Crippen molar-refractivity contribution in [3.05, 3.63) is 64.9 Å². The van der Waals surface area contributed by atoms with Crippen molar-refractivity contribution in [2.45, 2.75) is 6.54 Å². The van der Waals surface area contributed by atoms with Gasteiger partial charge in [0.05, 0.1) is 0 Å². The number of hydrogen-bond acceptors (Lipinski definition) is 2. The van der Waals surface area contributed by atoms with E-state index in [1.165, 1.54) is 21.3 Å². The summed E-state index contributed by atoms with van der Waals surface area (Å²) in [6, 6.07) is 19.2. The van der Waals surface area contributed by atoms with E-state index in [1.807, 2.05) is 0 Å². The van der Waals surface area contributed by atoms with Crippen LogP contribution in [0.25, 0.3) is 10.8 Å². The molecule has 2 aromatic carbocycles. The Kier molecular flexibility index (Phi) is 2.80. The highest BCUT2D eigenvalue weighted by atomic mass is 32.1. The lowest BCUT2D eigenvalue weighted by molar-refractivity contribution is 1.20. The summed E-state index contributed by atoms with van der Waals surface area (Å²) in [7, 11) is 0. The van der Waals surface area contributed by atoms with E-state index >= 15 is 0 Å². The Labute approximate surface area is 105 Å². The van der Waals surface area contributed by atoms with Gasteiger partial charge in [-0.05, 0) is 34.4 Å². The molecule has 0 fully saturated rings. The van der Waals surface area contributed by atoms with Crippen molar-refractivity contribution < 1.29 is 0 Å². The zero-order chi connectivity index (χ0) is 11.5. The minimum Gasteiger partial charge on any atom is -0.380 e. The van der Waals surface area contributed by atoms with Crippen molar-refractivity contribution in [2.24, 2.45) is 0 Å². The molecule has 3 rings (SSSR count). The molecule has 0 aliphatic rings. The second-order valence-electron chi connectivity index (χ2n) is 3.99. The molecule has 0 atom stereocenters. The molecular weight excluding hydrogens is 226 g/mol. The third-order valence-corrected chi connectivity index (χ3v) is 3.67. The van der Waals surface area contributed by atoms with Gasteiger partial charge in [0.15, 0.2) is 0 Å². The van der Waals surface area contributed by atoms with Crippen LogP contribution in [0.1, 0.15) is 4.88 Å². The first-order valence-electron chi connectivity index (χ1n) is 5.67. The van der Waals surface area contributed by atoms with Crippen LogP contribution in [0, 0.1) is 0 Å². The second-order valence-corrected chi connectivity index (χ2v) is 5.03. The fourth-order valence-corrected chi connectivity index (χ4v) is 2.55. The van der Waals surface area contributed by atoms with Gasteiger partial charge < -0.3 is 5.32 Å². The van der Waals surface area contributed by atoms with E-state index in [0.717, 1.165) is 6.54 Å². The zero-order valence-electron chi connectivity index (χ0n) is 9.39. The normalized spacial score (nSPS) is 10.6. The Hall–Kier alpha value is -1.80. The minimum atomic E-state index is 0.899. The van der Waals surface area contributed by atoms with Gasteiger partial charge in [-0.1, -0.05) is 36.4 Å². The van der Waals surface area contributed by atoms with Gasteiger partial charge in [0.25, 0.3) is 0 Å². The average molecular weight is 239 g/mol. The summed E-state index contributed by atoms with van der Waals surface area (Å²) in [4.78, 5) is 1.36. The highest BCUT2D eigenvalue weighted by molar-refractivity contribution is 7.09. The lowest BCUT2D eigenvalue weighted by Crippen LogP contribution is -1.96. The molecule has 1 heterocycles. The Morgan fingerprint density at radius 2 is 1.76 bits per heavy atom. The predicted molar refractivity (Wildman–Crippen MR) is 75.6 cm³/mol. The Balaban J connectivity index is 1.81. The molecule has 1 aromatic heterocycles. The average Bonchev–Trinajstić information content (AvgIpc) is 2.89. The van der Waals surface area contributed by atoms with E-state index in [2.05, 4.69) is 65.3 Å². The smallest absolute Gasteiger partial charge is 0.0494 e. The molecule has 1 N–H and O–H groups in total. The number of benzene rings is 2. The van der Waals surface area contributed by atoms with Crippen LogP contribution in [0.3, 0.4) is 0 Å². The lowest BCUT2D eigenvalue weighted by Gasteiger charge is -2.06. The van der Waals surface area contributed by atoms with Crippen LogP contribution < -0.4 is 5.32 Å². The molecule has 0 amide bonds. The van der Waals surface area contributed by atoms with Crippen molar-refractivity contribution in [1.82, 2.24) is 0 Å². The molecule has 2 heteroatoms. The third-order valence-electron chi connectivity index (χ3n) is 2.80. The molecule has 0 bridgehead atoms. The van der Waals surface area contributed by atoms with E-state index in [0.29, 0.717) is 0 Å². The van der Waals surface area contributed by atoms with Crippen molar-refractivity contribution in [2.75, 3.05) is 5.32 Å². The van der Waals surface area contributed by atoms with Gasteiger partial charge in [-0.2, -0.15) is 0 Å². The number of rotatable bonds is 3. The maximum atomic E-state index is 3.45. The highest BCUT2D eigenvalue weighted by Gasteiger charge is 1.96. The zero-order valence-corrected chi connectivity index (χ0v) is 10.2. The molecule has 84 valence electrons. The molecule has 1 nitrogen and oxygen atoms in total. The Morgan fingerprint density at radius 3 is 2.59 bits per heavy atom. The highest BCUT2D eigenvalue weighted by Crippen LogP contribution is 2.20. The second kappa shape index (κ2) is 4.60. The predicted octanol–water partition coefficient (Wildman–Crippen LogP) is 4.51. The first-order chi connectivity index (χ1) is 8.42. The van der Waals surface area contributed by atoms with Gasteiger partial charge in [-0.15, -0.1) is 11.3 Å². The van der Waals surface area contributed by atoms with Crippen LogP contribution >= 0.6 is 11.3 Å². The Bertz CT molecular complexity index is 614. The van der Waals surface area contributed by atoms with E-state index in [-0.39, 0.29) is 0 Å². The topological polar surface area (TPSA) is 12.0 Å². The summed E-state index contributed by atoms with van der Waals surface area (Å²) in [6.07, 6.45) is 0. The molecule has 0 spiro atoms. The maximum Gasteiger partial charge on any atom is 0.0494 e. The molecular formula is C15H13NS. The summed E-state index contributed by atoms with van der Waals surface area (Å²) < 4.78 is 0. The summed E-state index contributed by atoms with van der Waals surface area (Å²) >= 11 is 1.78. The van der Waals surface area contributed by atoms with E-state index in [1.54, 1.807) is 11.3 Å². The lowest BCUT2D eigenvalue weighted by atomic mass is 10.1.